The summed E-state index contributed by atoms with van der Waals surface area (Å²) in [5.41, 5.74) is 0.537. The van der Waals surface area contributed by atoms with E-state index < -0.39 is 57.0 Å². The number of benzene rings is 1. The number of nitrogens with zero attached hydrogens (tertiary/aromatic N) is 1. The van der Waals surface area contributed by atoms with E-state index in [-0.39, 0.29) is 36.8 Å². The van der Waals surface area contributed by atoms with Gasteiger partial charge in [0.2, 0.25) is 10.0 Å². The van der Waals surface area contributed by atoms with Gasteiger partial charge in [0, 0.05) is 12.6 Å². The number of alkyl halides is 3. The van der Waals surface area contributed by atoms with Crippen molar-refractivity contribution in [1.82, 2.24) is 9.03 Å². The Bertz CT molecular complexity index is 901. The highest BCUT2D eigenvalue weighted by Gasteiger charge is 2.41. The van der Waals surface area contributed by atoms with Gasteiger partial charge in [0.25, 0.3) is 0 Å². The lowest BCUT2D eigenvalue weighted by Gasteiger charge is -2.31. The SMILES string of the molecule is CC(C)CCN([C@H](CO)CCC[C@@H](N[S@@](=O)C(C)(C)C)C(F)(F)F)S(=O)(=O)c1ccc(CO)cc1. The minimum Gasteiger partial charge on any atom is -0.395 e. The van der Waals surface area contributed by atoms with Crippen LogP contribution in [0.15, 0.2) is 29.2 Å². The molecule has 0 saturated heterocycles. The number of hydrogen-bond donors (Lipinski definition) is 3. The first-order valence-electron chi connectivity index (χ1n) is 11.6. The fourth-order valence-corrected chi connectivity index (χ4v) is 5.79. The van der Waals surface area contributed by atoms with Gasteiger partial charge in [-0.25, -0.2) is 17.3 Å². The Morgan fingerprint density at radius 3 is 2.03 bits per heavy atom. The number of rotatable bonds is 14. The summed E-state index contributed by atoms with van der Waals surface area (Å²) in [6.07, 6.45) is -4.58. The number of nitrogens with one attached hydrogen (secondary N) is 1. The quantitative estimate of drug-likeness (QED) is 0.331. The molecule has 0 bridgehead atoms. The molecule has 0 radical (unpaired) electrons. The molecule has 204 valence electrons. The van der Waals surface area contributed by atoms with Gasteiger partial charge in [-0.3, -0.25) is 0 Å². The summed E-state index contributed by atoms with van der Waals surface area (Å²) >= 11 is 0. The standard InChI is InChI=1S/C23H39F3N2O5S2/c1-17(2)13-14-28(35(32,33)20-11-9-18(15-29)10-12-20)19(16-30)7-6-8-21(23(24,25)26)27-34(31)22(3,4)5/h9-12,17,19,21,27,29-30H,6-8,13-16H2,1-5H3/t19-,21+,34-/m0/s1. The van der Waals surface area contributed by atoms with Gasteiger partial charge < -0.3 is 10.2 Å². The molecule has 7 nitrogen and oxygen atoms in total. The van der Waals surface area contributed by atoms with Crippen molar-refractivity contribution in [3.63, 3.8) is 0 Å². The zero-order valence-corrected chi connectivity index (χ0v) is 22.6. The van der Waals surface area contributed by atoms with E-state index in [0.717, 1.165) is 4.31 Å². The minimum atomic E-state index is -4.63. The number of aliphatic hydroxyl groups is 2. The van der Waals surface area contributed by atoms with Gasteiger partial charge in [0.05, 0.1) is 33.8 Å². The topological polar surface area (TPSA) is 107 Å². The molecule has 0 aromatic heterocycles. The molecule has 1 rings (SSSR count). The third kappa shape index (κ3) is 10.1. The summed E-state index contributed by atoms with van der Waals surface area (Å²) in [4.78, 5) is -0.0210. The number of halogens is 3. The number of hydrogen-bond acceptors (Lipinski definition) is 5. The summed E-state index contributed by atoms with van der Waals surface area (Å²) in [5, 5.41) is 19.2. The second kappa shape index (κ2) is 13.5. The Morgan fingerprint density at radius 1 is 1.03 bits per heavy atom. The van der Waals surface area contributed by atoms with Crippen molar-refractivity contribution in [1.29, 1.82) is 0 Å². The third-order valence-electron chi connectivity index (χ3n) is 5.49. The molecule has 0 saturated carbocycles. The highest BCUT2D eigenvalue weighted by atomic mass is 32.2. The second-order valence-electron chi connectivity index (χ2n) is 9.96. The van der Waals surface area contributed by atoms with E-state index >= 15 is 0 Å². The van der Waals surface area contributed by atoms with Gasteiger partial charge in [-0.15, -0.1) is 0 Å². The van der Waals surface area contributed by atoms with E-state index in [4.69, 9.17) is 0 Å². The van der Waals surface area contributed by atoms with Gasteiger partial charge in [-0.05, 0) is 70.1 Å². The van der Waals surface area contributed by atoms with Crippen molar-refractivity contribution in [2.75, 3.05) is 13.2 Å². The molecule has 0 amide bonds. The average Bonchev–Trinajstić information content (AvgIpc) is 2.75. The lowest BCUT2D eigenvalue weighted by atomic mass is 10.1. The zero-order valence-electron chi connectivity index (χ0n) is 21.0. The van der Waals surface area contributed by atoms with Crippen LogP contribution in [0.25, 0.3) is 0 Å². The maximum absolute atomic E-state index is 13.5. The molecular weight excluding hydrogens is 505 g/mol. The molecule has 1 aromatic rings. The minimum absolute atomic E-state index is 0.00103. The maximum Gasteiger partial charge on any atom is 0.404 e. The van der Waals surface area contributed by atoms with E-state index in [1.165, 1.54) is 24.3 Å². The Hall–Kier alpha value is -1.05. The van der Waals surface area contributed by atoms with E-state index in [1.807, 2.05) is 13.8 Å². The average molecular weight is 545 g/mol. The van der Waals surface area contributed by atoms with Crippen molar-refractivity contribution in [2.45, 2.75) is 94.8 Å². The molecule has 0 aliphatic rings. The fourth-order valence-electron chi connectivity index (χ4n) is 3.27. The predicted octanol–water partition coefficient (Wildman–Crippen LogP) is 3.73. The molecule has 35 heavy (non-hydrogen) atoms. The number of aliphatic hydroxyl groups excluding tert-OH is 2. The smallest absolute Gasteiger partial charge is 0.395 e. The maximum atomic E-state index is 13.5. The van der Waals surface area contributed by atoms with E-state index in [1.54, 1.807) is 20.8 Å². The summed E-state index contributed by atoms with van der Waals surface area (Å²) in [5.74, 6) is 0.162. The lowest BCUT2D eigenvalue weighted by Crippen LogP contribution is -2.48. The molecule has 0 spiro atoms. The van der Waals surface area contributed by atoms with Crippen molar-refractivity contribution >= 4 is 21.0 Å². The molecule has 0 aliphatic carbocycles. The summed E-state index contributed by atoms with van der Waals surface area (Å²) in [6, 6.07) is 2.76. The van der Waals surface area contributed by atoms with Gasteiger partial charge >= 0.3 is 6.18 Å². The normalized spacial score (nSPS) is 16.0. The van der Waals surface area contributed by atoms with Crippen molar-refractivity contribution in [2.24, 2.45) is 5.92 Å². The van der Waals surface area contributed by atoms with E-state index in [0.29, 0.717) is 12.0 Å². The fraction of sp³-hybridized carbons (Fsp3) is 0.739. The van der Waals surface area contributed by atoms with Crippen LogP contribution in [0.5, 0.6) is 0 Å². The van der Waals surface area contributed by atoms with Crippen LogP contribution in [0.4, 0.5) is 13.2 Å². The van der Waals surface area contributed by atoms with Gasteiger partial charge in [0.1, 0.15) is 6.04 Å². The largest absolute Gasteiger partial charge is 0.404 e. The Kier molecular flexibility index (Phi) is 12.3. The Balaban J connectivity index is 3.08. The van der Waals surface area contributed by atoms with Gasteiger partial charge in [-0.2, -0.15) is 17.5 Å². The van der Waals surface area contributed by atoms with Crippen molar-refractivity contribution < 1.29 is 36.0 Å². The van der Waals surface area contributed by atoms with E-state index in [9.17, 15) is 36.0 Å². The van der Waals surface area contributed by atoms with Crippen LogP contribution in [0.1, 0.15) is 65.9 Å². The monoisotopic (exact) mass is 544 g/mol. The van der Waals surface area contributed by atoms with Gasteiger partial charge in [0.15, 0.2) is 0 Å². The summed E-state index contributed by atoms with van der Waals surface area (Å²) in [7, 11) is -5.98. The predicted molar refractivity (Wildman–Crippen MR) is 131 cm³/mol. The van der Waals surface area contributed by atoms with E-state index in [2.05, 4.69) is 4.72 Å². The molecular formula is C23H39F3N2O5S2. The third-order valence-corrected chi connectivity index (χ3v) is 9.07. The molecule has 0 aliphatic heterocycles. The first-order chi connectivity index (χ1) is 16.0. The molecule has 3 N–H and O–H groups in total. The first kappa shape index (κ1) is 32.0. The highest BCUT2D eigenvalue weighted by molar-refractivity contribution is 7.89. The molecule has 0 fully saturated rings. The van der Waals surface area contributed by atoms with Crippen LogP contribution in [-0.4, -0.2) is 63.3 Å². The van der Waals surface area contributed by atoms with Gasteiger partial charge in [-0.1, -0.05) is 26.0 Å². The molecule has 12 heteroatoms. The lowest BCUT2D eigenvalue weighted by molar-refractivity contribution is -0.152. The van der Waals surface area contributed by atoms with Crippen molar-refractivity contribution in [3.05, 3.63) is 29.8 Å². The first-order valence-corrected chi connectivity index (χ1v) is 14.2. The Labute approximate surface area is 209 Å². The summed E-state index contributed by atoms with van der Waals surface area (Å²) < 4.78 is 82.0. The zero-order chi connectivity index (χ0) is 27.0. The Morgan fingerprint density at radius 2 is 1.60 bits per heavy atom. The molecule has 1 aromatic carbocycles. The van der Waals surface area contributed by atoms with Crippen LogP contribution < -0.4 is 4.72 Å². The number of sulfonamides is 1. The van der Waals surface area contributed by atoms with Crippen molar-refractivity contribution in [3.8, 4) is 0 Å². The molecule has 0 heterocycles. The second-order valence-corrected chi connectivity index (χ2v) is 13.8. The molecule has 3 atom stereocenters. The van der Waals surface area contributed by atoms with Crippen LogP contribution >= 0.6 is 0 Å². The molecule has 0 unspecified atom stereocenters. The highest BCUT2D eigenvalue weighted by Crippen LogP contribution is 2.28. The van der Waals surface area contributed by atoms with Crippen LogP contribution in [0.3, 0.4) is 0 Å². The van der Waals surface area contributed by atoms with Crippen LogP contribution in [-0.2, 0) is 27.6 Å². The van der Waals surface area contributed by atoms with Crippen LogP contribution in [0.2, 0.25) is 0 Å². The summed E-state index contributed by atoms with van der Waals surface area (Å²) in [6.45, 7) is 7.84. The van der Waals surface area contributed by atoms with Crippen LogP contribution in [0, 0.1) is 5.92 Å².